The minimum atomic E-state index is -0.818. The first-order chi connectivity index (χ1) is 13.0. The Hall–Kier alpha value is -2.81. The summed E-state index contributed by atoms with van der Waals surface area (Å²) in [5, 5.41) is 6.61. The van der Waals surface area contributed by atoms with Gasteiger partial charge in [0.1, 0.15) is 11.6 Å². The molecule has 144 valence electrons. The van der Waals surface area contributed by atoms with Crippen molar-refractivity contribution in [3.63, 3.8) is 0 Å². The van der Waals surface area contributed by atoms with Crippen molar-refractivity contribution in [1.29, 1.82) is 0 Å². The standard InChI is InChI=1S/C18H20F2N4O3/c1-27-7-6-24-17(25)9-14(10-21-24)23-5-4-12(11-23)18(26)22-16-3-2-13(19)8-15(16)20/h2-3,8-10,12H,4-7,11H2,1H3,(H,22,26). The van der Waals surface area contributed by atoms with Crippen molar-refractivity contribution in [2.45, 2.75) is 13.0 Å². The van der Waals surface area contributed by atoms with Gasteiger partial charge in [0.15, 0.2) is 0 Å². The lowest BCUT2D eigenvalue weighted by molar-refractivity contribution is -0.119. The van der Waals surface area contributed by atoms with Crippen molar-refractivity contribution in [2.24, 2.45) is 5.92 Å². The van der Waals surface area contributed by atoms with Gasteiger partial charge in [-0.1, -0.05) is 0 Å². The van der Waals surface area contributed by atoms with E-state index < -0.39 is 11.6 Å². The van der Waals surface area contributed by atoms with Crippen LogP contribution in [0.25, 0.3) is 0 Å². The van der Waals surface area contributed by atoms with Crippen LogP contribution in [0.3, 0.4) is 0 Å². The van der Waals surface area contributed by atoms with Crippen LogP contribution in [-0.2, 0) is 16.1 Å². The molecule has 1 amide bonds. The summed E-state index contributed by atoms with van der Waals surface area (Å²) in [7, 11) is 1.55. The van der Waals surface area contributed by atoms with Gasteiger partial charge in [0, 0.05) is 32.3 Å². The van der Waals surface area contributed by atoms with Gasteiger partial charge in [-0.2, -0.15) is 5.10 Å². The number of benzene rings is 1. The SMILES string of the molecule is COCCn1ncc(N2CCC(C(=O)Nc3ccc(F)cc3F)C2)cc1=O. The Balaban J connectivity index is 1.63. The van der Waals surface area contributed by atoms with Crippen LogP contribution in [-0.4, -0.2) is 42.5 Å². The van der Waals surface area contributed by atoms with E-state index in [2.05, 4.69) is 10.4 Å². The van der Waals surface area contributed by atoms with E-state index in [1.807, 2.05) is 4.90 Å². The van der Waals surface area contributed by atoms with Crippen molar-refractivity contribution in [2.75, 3.05) is 37.0 Å². The van der Waals surface area contributed by atoms with Crippen LogP contribution < -0.4 is 15.8 Å². The number of hydrogen-bond acceptors (Lipinski definition) is 5. The number of nitrogens with zero attached hydrogens (tertiary/aromatic N) is 3. The largest absolute Gasteiger partial charge is 0.383 e. The molecule has 1 aliphatic heterocycles. The molecule has 7 nitrogen and oxygen atoms in total. The average Bonchev–Trinajstić information content (AvgIpc) is 3.13. The van der Waals surface area contributed by atoms with Gasteiger partial charge in [0.25, 0.3) is 5.56 Å². The van der Waals surface area contributed by atoms with E-state index in [4.69, 9.17) is 4.74 Å². The predicted molar refractivity (Wildman–Crippen MR) is 95.7 cm³/mol. The molecule has 1 aromatic heterocycles. The second kappa shape index (κ2) is 8.26. The Kier molecular flexibility index (Phi) is 5.80. The molecule has 3 rings (SSSR count). The number of nitrogens with one attached hydrogen (secondary N) is 1. The molecule has 1 saturated heterocycles. The van der Waals surface area contributed by atoms with Crippen molar-refractivity contribution < 1.29 is 18.3 Å². The Morgan fingerprint density at radius 1 is 1.37 bits per heavy atom. The summed E-state index contributed by atoms with van der Waals surface area (Å²) in [5.41, 5.74) is 0.338. The van der Waals surface area contributed by atoms with E-state index in [9.17, 15) is 18.4 Å². The van der Waals surface area contributed by atoms with Crippen molar-refractivity contribution in [3.05, 3.63) is 52.5 Å². The van der Waals surface area contributed by atoms with Crippen LogP contribution in [0.1, 0.15) is 6.42 Å². The lowest BCUT2D eigenvalue weighted by Gasteiger charge is -2.18. The molecule has 0 radical (unpaired) electrons. The molecule has 1 aromatic carbocycles. The predicted octanol–water partition coefficient (Wildman–Crippen LogP) is 1.63. The number of amides is 1. The number of carbonyl (C=O) groups is 1. The Bertz CT molecular complexity index is 887. The maximum absolute atomic E-state index is 13.7. The summed E-state index contributed by atoms with van der Waals surface area (Å²) < 4.78 is 32.9. The zero-order chi connectivity index (χ0) is 19.4. The molecule has 1 fully saturated rings. The highest BCUT2D eigenvalue weighted by Gasteiger charge is 2.29. The van der Waals surface area contributed by atoms with E-state index in [1.165, 1.54) is 16.8 Å². The van der Waals surface area contributed by atoms with Crippen molar-refractivity contribution in [3.8, 4) is 0 Å². The molecule has 9 heteroatoms. The van der Waals surface area contributed by atoms with Crippen LogP contribution in [0.15, 0.2) is 35.3 Å². The summed E-state index contributed by atoms with van der Waals surface area (Å²) in [5.74, 6) is -2.23. The molecule has 0 aliphatic carbocycles. The van der Waals surface area contributed by atoms with E-state index in [0.717, 1.165) is 12.1 Å². The van der Waals surface area contributed by atoms with Gasteiger partial charge < -0.3 is 15.0 Å². The molecule has 1 atom stereocenters. The van der Waals surface area contributed by atoms with Gasteiger partial charge >= 0.3 is 0 Å². The number of aromatic nitrogens is 2. The molecule has 27 heavy (non-hydrogen) atoms. The number of anilines is 2. The molecule has 0 bridgehead atoms. The first-order valence-electron chi connectivity index (χ1n) is 8.55. The van der Waals surface area contributed by atoms with E-state index >= 15 is 0 Å². The second-order valence-corrected chi connectivity index (χ2v) is 6.31. The molecule has 0 spiro atoms. The van der Waals surface area contributed by atoms with E-state index in [-0.39, 0.29) is 23.1 Å². The summed E-state index contributed by atoms with van der Waals surface area (Å²) in [6.45, 7) is 1.72. The highest BCUT2D eigenvalue weighted by Crippen LogP contribution is 2.24. The molecular weight excluding hydrogens is 358 g/mol. The fourth-order valence-corrected chi connectivity index (χ4v) is 2.98. The molecule has 1 aliphatic rings. The highest BCUT2D eigenvalue weighted by molar-refractivity contribution is 5.93. The number of rotatable bonds is 6. The van der Waals surface area contributed by atoms with E-state index in [0.29, 0.717) is 38.3 Å². The lowest BCUT2D eigenvalue weighted by atomic mass is 10.1. The van der Waals surface area contributed by atoms with Crippen LogP contribution in [0.5, 0.6) is 0 Å². The molecule has 2 heterocycles. The fraction of sp³-hybridized carbons (Fsp3) is 0.389. The maximum atomic E-state index is 13.7. The van der Waals surface area contributed by atoms with E-state index in [1.54, 1.807) is 13.3 Å². The lowest BCUT2D eigenvalue weighted by Crippen LogP contribution is -2.29. The smallest absolute Gasteiger partial charge is 0.268 e. The first kappa shape index (κ1) is 19.0. The van der Waals surface area contributed by atoms with Crippen LogP contribution >= 0.6 is 0 Å². The minimum absolute atomic E-state index is 0.0535. The third-order valence-electron chi connectivity index (χ3n) is 4.48. The second-order valence-electron chi connectivity index (χ2n) is 6.31. The third kappa shape index (κ3) is 4.48. The monoisotopic (exact) mass is 378 g/mol. The molecule has 0 saturated carbocycles. The van der Waals surface area contributed by atoms with Crippen LogP contribution in [0.4, 0.5) is 20.2 Å². The molecular formula is C18H20F2N4O3. The molecule has 1 N–H and O–H groups in total. The summed E-state index contributed by atoms with van der Waals surface area (Å²) >= 11 is 0. The highest BCUT2D eigenvalue weighted by atomic mass is 19.1. The zero-order valence-corrected chi connectivity index (χ0v) is 14.8. The molecule has 2 aromatic rings. The number of ether oxygens (including phenoxy) is 1. The summed E-state index contributed by atoms with van der Waals surface area (Å²) in [6, 6.07) is 4.48. The quantitative estimate of drug-likeness (QED) is 0.827. The molecule has 1 unspecified atom stereocenters. The van der Waals surface area contributed by atoms with Gasteiger partial charge in [-0.05, 0) is 18.6 Å². The minimum Gasteiger partial charge on any atom is -0.383 e. The van der Waals surface area contributed by atoms with Crippen molar-refractivity contribution in [1.82, 2.24) is 9.78 Å². The van der Waals surface area contributed by atoms with Gasteiger partial charge in [-0.25, -0.2) is 13.5 Å². The van der Waals surface area contributed by atoms with Gasteiger partial charge in [-0.15, -0.1) is 0 Å². The third-order valence-corrected chi connectivity index (χ3v) is 4.48. The van der Waals surface area contributed by atoms with Gasteiger partial charge in [0.05, 0.1) is 36.6 Å². The Morgan fingerprint density at radius 2 is 2.19 bits per heavy atom. The maximum Gasteiger partial charge on any atom is 0.268 e. The summed E-state index contributed by atoms with van der Waals surface area (Å²) in [6.07, 6.45) is 2.14. The number of carbonyl (C=O) groups excluding carboxylic acids is 1. The number of methoxy groups -OCH3 is 1. The Morgan fingerprint density at radius 3 is 2.89 bits per heavy atom. The topological polar surface area (TPSA) is 76.5 Å². The normalized spacial score (nSPS) is 16.6. The van der Waals surface area contributed by atoms with Crippen molar-refractivity contribution >= 4 is 17.3 Å². The fourth-order valence-electron chi connectivity index (χ4n) is 2.98. The van der Waals surface area contributed by atoms with Crippen LogP contribution in [0.2, 0.25) is 0 Å². The zero-order valence-electron chi connectivity index (χ0n) is 14.8. The van der Waals surface area contributed by atoms with Gasteiger partial charge in [-0.3, -0.25) is 9.59 Å². The first-order valence-corrected chi connectivity index (χ1v) is 8.55. The van der Waals surface area contributed by atoms with Crippen LogP contribution in [0, 0.1) is 17.6 Å². The summed E-state index contributed by atoms with van der Waals surface area (Å²) in [4.78, 5) is 26.4. The number of halogens is 2. The average molecular weight is 378 g/mol. The number of hydrogen-bond donors (Lipinski definition) is 1. The van der Waals surface area contributed by atoms with Gasteiger partial charge in [0.2, 0.25) is 5.91 Å². The Labute approximate surface area is 154 Å².